The molecule has 0 saturated carbocycles. The van der Waals surface area contributed by atoms with Gasteiger partial charge in [0.1, 0.15) is 0 Å². The molecule has 0 spiro atoms. The highest BCUT2D eigenvalue weighted by Gasteiger charge is 2.06. The van der Waals surface area contributed by atoms with Gasteiger partial charge in [-0.3, -0.25) is 0 Å². The molecular weight excluding hydrogens is 242 g/mol. The van der Waals surface area contributed by atoms with Crippen LogP contribution < -0.4 is 11.1 Å². The van der Waals surface area contributed by atoms with Gasteiger partial charge in [-0.2, -0.15) is 0 Å². The van der Waals surface area contributed by atoms with Crippen LogP contribution in [0, 0.1) is 6.92 Å². The van der Waals surface area contributed by atoms with Crippen LogP contribution in [-0.2, 0) is 6.54 Å². The van der Waals surface area contributed by atoms with Gasteiger partial charge in [0.25, 0.3) is 0 Å². The lowest BCUT2D eigenvalue weighted by Gasteiger charge is -2.10. The molecule has 3 nitrogen and oxygen atoms in total. The van der Waals surface area contributed by atoms with Gasteiger partial charge in [-0.15, -0.1) is 11.3 Å². The summed E-state index contributed by atoms with van der Waals surface area (Å²) in [5.41, 5.74) is 10.2. The Bertz CT molecular complexity index is 475. The second-order valence-electron chi connectivity index (χ2n) is 3.42. The van der Waals surface area contributed by atoms with Crippen LogP contribution in [0.2, 0.25) is 5.02 Å². The highest BCUT2D eigenvalue weighted by Crippen LogP contribution is 2.28. The van der Waals surface area contributed by atoms with Crippen molar-refractivity contribution in [3.8, 4) is 0 Å². The Morgan fingerprint density at radius 2 is 2.31 bits per heavy atom. The molecule has 2 rings (SSSR count). The Morgan fingerprint density at radius 3 is 2.94 bits per heavy atom. The monoisotopic (exact) mass is 253 g/mol. The lowest BCUT2D eigenvalue weighted by molar-refractivity contribution is 1.12. The number of nitrogens with zero attached hydrogens (tertiary/aromatic N) is 1. The predicted molar refractivity (Wildman–Crippen MR) is 70.0 cm³/mol. The SMILES string of the molecule is Cc1ncsc1CNc1c(N)cccc1Cl. The smallest absolute Gasteiger partial charge is 0.0798 e. The van der Waals surface area contributed by atoms with E-state index in [9.17, 15) is 0 Å². The summed E-state index contributed by atoms with van der Waals surface area (Å²) in [6, 6.07) is 5.48. The van der Waals surface area contributed by atoms with Crippen molar-refractivity contribution < 1.29 is 0 Å². The molecule has 3 N–H and O–H groups in total. The molecule has 1 heterocycles. The molecule has 1 aromatic carbocycles. The number of benzene rings is 1. The lowest BCUT2D eigenvalue weighted by Crippen LogP contribution is -2.02. The lowest BCUT2D eigenvalue weighted by atomic mass is 10.2. The van der Waals surface area contributed by atoms with E-state index in [1.165, 1.54) is 4.88 Å². The van der Waals surface area contributed by atoms with Crippen LogP contribution >= 0.6 is 22.9 Å². The minimum absolute atomic E-state index is 0.641. The number of nitrogens with two attached hydrogens (primary N) is 1. The van der Waals surface area contributed by atoms with E-state index in [1.54, 1.807) is 11.3 Å². The van der Waals surface area contributed by atoms with E-state index < -0.39 is 0 Å². The van der Waals surface area contributed by atoms with Crippen LogP contribution in [-0.4, -0.2) is 4.98 Å². The zero-order chi connectivity index (χ0) is 11.5. The molecule has 0 radical (unpaired) electrons. The van der Waals surface area contributed by atoms with E-state index in [0.29, 0.717) is 17.3 Å². The molecule has 0 amide bonds. The number of halogens is 1. The number of thiazole rings is 1. The van der Waals surface area contributed by atoms with Crippen molar-refractivity contribution in [2.45, 2.75) is 13.5 Å². The van der Waals surface area contributed by atoms with E-state index in [4.69, 9.17) is 17.3 Å². The predicted octanol–water partition coefficient (Wildman–Crippen LogP) is 3.30. The van der Waals surface area contributed by atoms with E-state index in [-0.39, 0.29) is 0 Å². The summed E-state index contributed by atoms with van der Waals surface area (Å²) >= 11 is 7.68. The minimum Gasteiger partial charge on any atom is -0.397 e. The fourth-order valence-electron chi connectivity index (χ4n) is 1.39. The van der Waals surface area contributed by atoms with Gasteiger partial charge in [0.15, 0.2) is 0 Å². The number of nitrogens with one attached hydrogen (secondary N) is 1. The quantitative estimate of drug-likeness (QED) is 0.826. The Hall–Kier alpha value is -1.26. The molecule has 0 aliphatic rings. The molecule has 16 heavy (non-hydrogen) atoms. The van der Waals surface area contributed by atoms with Crippen LogP contribution in [0.25, 0.3) is 0 Å². The summed E-state index contributed by atoms with van der Waals surface area (Å²) in [7, 11) is 0. The number of anilines is 2. The fraction of sp³-hybridized carbons (Fsp3) is 0.182. The van der Waals surface area contributed by atoms with Crippen molar-refractivity contribution in [2.75, 3.05) is 11.1 Å². The molecule has 0 fully saturated rings. The van der Waals surface area contributed by atoms with Crippen molar-refractivity contribution in [1.82, 2.24) is 4.98 Å². The number of para-hydroxylation sites is 1. The molecule has 0 atom stereocenters. The third kappa shape index (κ3) is 2.28. The Balaban J connectivity index is 2.14. The molecule has 1 aromatic heterocycles. The van der Waals surface area contributed by atoms with E-state index in [0.717, 1.165) is 11.4 Å². The summed E-state index contributed by atoms with van der Waals surface area (Å²) in [6.07, 6.45) is 0. The second kappa shape index (κ2) is 4.72. The maximum Gasteiger partial charge on any atom is 0.0798 e. The summed E-state index contributed by atoms with van der Waals surface area (Å²) in [4.78, 5) is 5.38. The fourth-order valence-corrected chi connectivity index (χ4v) is 2.36. The first kappa shape index (κ1) is 11.2. The third-order valence-electron chi connectivity index (χ3n) is 2.32. The number of hydrogen-bond donors (Lipinski definition) is 2. The van der Waals surface area contributed by atoms with Gasteiger partial charge >= 0.3 is 0 Å². The number of nitrogen functional groups attached to an aromatic ring is 1. The van der Waals surface area contributed by atoms with Gasteiger partial charge in [-0.25, -0.2) is 4.98 Å². The largest absolute Gasteiger partial charge is 0.397 e. The number of rotatable bonds is 3. The van der Waals surface area contributed by atoms with E-state index in [1.807, 2.05) is 30.6 Å². The van der Waals surface area contributed by atoms with Gasteiger partial charge in [0, 0.05) is 4.88 Å². The zero-order valence-corrected chi connectivity index (χ0v) is 10.4. The topological polar surface area (TPSA) is 50.9 Å². The summed E-state index contributed by atoms with van der Waals surface area (Å²) in [6.45, 7) is 2.69. The summed E-state index contributed by atoms with van der Waals surface area (Å²) < 4.78 is 0. The van der Waals surface area contributed by atoms with Crippen LogP contribution in [0.3, 0.4) is 0 Å². The first-order valence-corrected chi connectivity index (χ1v) is 6.11. The Labute approximate surface area is 103 Å². The van der Waals surface area contributed by atoms with Crippen LogP contribution in [0.1, 0.15) is 10.6 Å². The highest BCUT2D eigenvalue weighted by molar-refractivity contribution is 7.09. The molecule has 2 aromatic rings. The molecule has 0 bridgehead atoms. The first-order chi connectivity index (χ1) is 7.68. The molecule has 0 saturated heterocycles. The van der Waals surface area contributed by atoms with Gasteiger partial charge in [0.05, 0.1) is 34.1 Å². The average molecular weight is 254 g/mol. The van der Waals surface area contributed by atoms with Crippen LogP contribution in [0.5, 0.6) is 0 Å². The third-order valence-corrected chi connectivity index (χ3v) is 3.57. The summed E-state index contributed by atoms with van der Waals surface area (Å²) in [5.74, 6) is 0. The number of aromatic nitrogens is 1. The van der Waals surface area contributed by atoms with Crippen molar-refractivity contribution in [3.05, 3.63) is 39.3 Å². The second-order valence-corrected chi connectivity index (χ2v) is 4.77. The van der Waals surface area contributed by atoms with Crippen molar-refractivity contribution in [2.24, 2.45) is 0 Å². The van der Waals surface area contributed by atoms with Crippen molar-refractivity contribution in [1.29, 1.82) is 0 Å². The van der Waals surface area contributed by atoms with Gasteiger partial charge in [0.2, 0.25) is 0 Å². The maximum atomic E-state index is 6.05. The molecule has 5 heteroatoms. The number of aryl methyl sites for hydroxylation is 1. The normalized spacial score (nSPS) is 10.4. The maximum absolute atomic E-state index is 6.05. The van der Waals surface area contributed by atoms with Crippen molar-refractivity contribution >= 4 is 34.3 Å². The van der Waals surface area contributed by atoms with Gasteiger partial charge in [-0.1, -0.05) is 17.7 Å². The van der Waals surface area contributed by atoms with Gasteiger partial charge < -0.3 is 11.1 Å². The molecule has 0 aliphatic carbocycles. The molecule has 0 unspecified atom stereocenters. The Kier molecular flexibility index (Phi) is 3.31. The van der Waals surface area contributed by atoms with E-state index >= 15 is 0 Å². The standard InChI is InChI=1S/C11H12ClN3S/c1-7-10(16-6-15-7)5-14-11-8(12)3-2-4-9(11)13/h2-4,6,14H,5,13H2,1H3. The molecular formula is C11H12ClN3S. The number of hydrogen-bond acceptors (Lipinski definition) is 4. The van der Waals surface area contributed by atoms with Crippen molar-refractivity contribution in [3.63, 3.8) is 0 Å². The van der Waals surface area contributed by atoms with Crippen LogP contribution in [0.15, 0.2) is 23.7 Å². The zero-order valence-electron chi connectivity index (χ0n) is 8.83. The van der Waals surface area contributed by atoms with E-state index in [2.05, 4.69) is 10.3 Å². The average Bonchev–Trinajstić information content (AvgIpc) is 2.64. The highest BCUT2D eigenvalue weighted by atomic mass is 35.5. The first-order valence-electron chi connectivity index (χ1n) is 4.85. The molecule has 84 valence electrons. The molecule has 0 aliphatic heterocycles. The Morgan fingerprint density at radius 1 is 1.50 bits per heavy atom. The van der Waals surface area contributed by atoms with Gasteiger partial charge in [-0.05, 0) is 19.1 Å². The minimum atomic E-state index is 0.641. The summed E-state index contributed by atoms with van der Waals surface area (Å²) in [5, 5.41) is 3.88. The van der Waals surface area contributed by atoms with Crippen LogP contribution in [0.4, 0.5) is 11.4 Å².